The first-order chi connectivity index (χ1) is 12.7. The molecule has 2 aromatic carbocycles. The molecule has 0 saturated carbocycles. The Bertz CT molecular complexity index is 980. The third-order valence-corrected chi connectivity index (χ3v) is 5.64. The second-order valence-corrected chi connectivity index (χ2v) is 8.06. The van der Waals surface area contributed by atoms with E-state index < -0.39 is 22.6 Å². The number of carbonyl (C=O) groups excluding carboxylic acids is 2. The molecule has 0 aliphatic carbocycles. The predicted octanol–water partition coefficient (Wildman–Crippen LogP) is 2.95. The molecule has 0 unspecified atom stereocenters. The molecule has 0 aromatic heterocycles. The number of sulfonamides is 1. The maximum Gasteiger partial charge on any atom is 0.338 e. The van der Waals surface area contributed by atoms with Crippen LogP contribution in [0.25, 0.3) is 0 Å². The monoisotopic (exact) mass is 389 g/mol. The summed E-state index contributed by atoms with van der Waals surface area (Å²) in [5.41, 5.74) is 2.92. The highest BCUT2D eigenvalue weighted by Crippen LogP contribution is 2.17. The number of hydrogen-bond acceptors (Lipinski definition) is 5. The average Bonchev–Trinajstić information content (AvgIpc) is 2.61. The number of benzene rings is 2. The van der Waals surface area contributed by atoms with E-state index in [1.807, 2.05) is 26.0 Å². The van der Waals surface area contributed by atoms with Crippen molar-refractivity contribution in [3.05, 3.63) is 64.2 Å². The minimum Gasteiger partial charge on any atom is -0.454 e. The Balaban J connectivity index is 2.18. The van der Waals surface area contributed by atoms with Gasteiger partial charge in [0.05, 0.1) is 10.5 Å². The number of rotatable bonds is 7. The second-order valence-electron chi connectivity index (χ2n) is 6.30. The number of ketones is 1. The fourth-order valence-electron chi connectivity index (χ4n) is 2.58. The highest BCUT2D eigenvalue weighted by molar-refractivity contribution is 7.89. The fourth-order valence-corrected chi connectivity index (χ4v) is 3.65. The SMILES string of the molecule is CCNS(=O)(=O)c1ccc(C)c(C(=O)OCC(=O)c2cc(C)ccc2C)c1. The summed E-state index contributed by atoms with van der Waals surface area (Å²) in [5, 5.41) is 0. The molecule has 0 bridgehead atoms. The number of hydrogen-bond donors (Lipinski definition) is 1. The number of nitrogens with one attached hydrogen (secondary N) is 1. The summed E-state index contributed by atoms with van der Waals surface area (Å²) in [6, 6.07) is 9.71. The third kappa shape index (κ3) is 5.02. The van der Waals surface area contributed by atoms with Gasteiger partial charge in [-0.1, -0.05) is 30.7 Å². The molecule has 144 valence electrons. The number of carbonyl (C=O) groups is 2. The lowest BCUT2D eigenvalue weighted by molar-refractivity contribution is 0.0473. The van der Waals surface area contributed by atoms with E-state index in [0.717, 1.165) is 11.1 Å². The molecular formula is C20H23NO5S. The molecule has 0 saturated heterocycles. The van der Waals surface area contributed by atoms with Crippen molar-refractivity contribution in [3.63, 3.8) is 0 Å². The molecule has 6 nitrogen and oxygen atoms in total. The van der Waals surface area contributed by atoms with Crippen LogP contribution in [0.15, 0.2) is 41.3 Å². The summed E-state index contributed by atoms with van der Waals surface area (Å²) >= 11 is 0. The molecule has 0 spiro atoms. The van der Waals surface area contributed by atoms with Crippen molar-refractivity contribution in [1.82, 2.24) is 4.72 Å². The Morgan fingerprint density at radius 3 is 2.26 bits per heavy atom. The van der Waals surface area contributed by atoms with E-state index in [0.29, 0.717) is 11.1 Å². The highest BCUT2D eigenvalue weighted by atomic mass is 32.2. The maximum absolute atomic E-state index is 12.4. The number of ether oxygens (including phenoxy) is 1. The normalized spacial score (nSPS) is 11.3. The van der Waals surface area contributed by atoms with E-state index in [9.17, 15) is 18.0 Å². The van der Waals surface area contributed by atoms with Crippen LogP contribution >= 0.6 is 0 Å². The first-order valence-electron chi connectivity index (χ1n) is 8.53. The van der Waals surface area contributed by atoms with E-state index in [2.05, 4.69) is 4.72 Å². The molecule has 0 heterocycles. The highest BCUT2D eigenvalue weighted by Gasteiger charge is 2.19. The van der Waals surface area contributed by atoms with Crippen LogP contribution in [-0.2, 0) is 14.8 Å². The summed E-state index contributed by atoms with van der Waals surface area (Å²) in [5.74, 6) is -1.04. The summed E-state index contributed by atoms with van der Waals surface area (Å²) in [4.78, 5) is 24.7. The van der Waals surface area contributed by atoms with Crippen LogP contribution in [0.4, 0.5) is 0 Å². The zero-order chi connectivity index (χ0) is 20.2. The van der Waals surface area contributed by atoms with E-state index in [1.165, 1.54) is 18.2 Å². The van der Waals surface area contributed by atoms with Gasteiger partial charge in [0.15, 0.2) is 6.61 Å². The van der Waals surface area contributed by atoms with Crippen molar-refractivity contribution in [2.75, 3.05) is 13.2 Å². The van der Waals surface area contributed by atoms with Crippen molar-refractivity contribution < 1.29 is 22.7 Å². The maximum atomic E-state index is 12.4. The van der Waals surface area contributed by atoms with Crippen LogP contribution in [0, 0.1) is 20.8 Å². The average molecular weight is 389 g/mol. The molecule has 27 heavy (non-hydrogen) atoms. The molecule has 0 aliphatic heterocycles. The lowest BCUT2D eigenvalue weighted by atomic mass is 10.0. The Kier molecular flexibility index (Phi) is 6.51. The van der Waals surface area contributed by atoms with E-state index in [-0.39, 0.29) is 22.8 Å². The summed E-state index contributed by atoms with van der Waals surface area (Å²) in [6.07, 6.45) is 0. The van der Waals surface area contributed by atoms with Gasteiger partial charge in [-0.3, -0.25) is 4.79 Å². The molecule has 7 heteroatoms. The summed E-state index contributed by atoms with van der Waals surface area (Å²) in [6.45, 7) is 6.86. The fraction of sp³-hybridized carbons (Fsp3) is 0.300. The molecule has 1 N–H and O–H groups in total. The lowest BCUT2D eigenvalue weighted by Gasteiger charge is -2.11. The van der Waals surface area contributed by atoms with Crippen molar-refractivity contribution in [2.24, 2.45) is 0 Å². The van der Waals surface area contributed by atoms with E-state index in [1.54, 1.807) is 19.9 Å². The summed E-state index contributed by atoms with van der Waals surface area (Å²) in [7, 11) is -3.69. The van der Waals surface area contributed by atoms with Crippen LogP contribution < -0.4 is 4.72 Å². The Labute approximate surface area is 159 Å². The van der Waals surface area contributed by atoms with Gasteiger partial charge < -0.3 is 4.74 Å². The molecule has 0 aliphatic rings. The van der Waals surface area contributed by atoms with Gasteiger partial charge in [-0.2, -0.15) is 0 Å². The van der Waals surface area contributed by atoms with Gasteiger partial charge in [0, 0.05) is 12.1 Å². The predicted molar refractivity (Wildman–Crippen MR) is 103 cm³/mol. The quantitative estimate of drug-likeness (QED) is 0.581. The van der Waals surface area contributed by atoms with Gasteiger partial charge in [-0.15, -0.1) is 0 Å². The molecule has 0 amide bonds. The number of Topliss-reactive ketones (excluding diaryl/α,β-unsaturated/α-hetero) is 1. The molecule has 0 fully saturated rings. The number of esters is 1. The van der Waals surface area contributed by atoms with Gasteiger partial charge in [0.25, 0.3) is 0 Å². The zero-order valence-corrected chi connectivity index (χ0v) is 16.6. The minimum absolute atomic E-state index is 0.0252. The van der Waals surface area contributed by atoms with Crippen LogP contribution in [0.1, 0.15) is 44.3 Å². The Hall–Kier alpha value is -2.51. The first-order valence-corrected chi connectivity index (χ1v) is 10.0. The van der Waals surface area contributed by atoms with Gasteiger partial charge >= 0.3 is 5.97 Å². The van der Waals surface area contributed by atoms with Crippen LogP contribution in [0.5, 0.6) is 0 Å². The van der Waals surface area contributed by atoms with Crippen molar-refractivity contribution in [2.45, 2.75) is 32.6 Å². The molecular weight excluding hydrogens is 366 g/mol. The standard InChI is InChI=1S/C20H23NO5S/c1-5-21-27(24,25)16-9-8-15(4)18(11-16)20(23)26-12-19(22)17-10-13(2)6-7-14(17)3/h6-11,21H,5,12H2,1-4H3. The van der Waals surface area contributed by atoms with Crippen LogP contribution in [-0.4, -0.2) is 33.3 Å². The van der Waals surface area contributed by atoms with Crippen molar-refractivity contribution in [3.8, 4) is 0 Å². The zero-order valence-electron chi connectivity index (χ0n) is 15.8. The largest absolute Gasteiger partial charge is 0.454 e. The molecule has 2 aromatic rings. The first kappa shape index (κ1) is 20.8. The minimum atomic E-state index is -3.69. The molecule has 0 atom stereocenters. The molecule has 0 radical (unpaired) electrons. The van der Waals surface area contributed by atoms with Crippen molar-refractivity contribution in [1.29, 1.82) is 0 Å². The molecule has 2 rings (SSSR count). The van der Waals surface area contributed by atoms with Crippen molar-refractivity contribution >= 4 is 21.8 Å². The Morgan fingerprint density at radius 2 is 1.59 bits per heavy atom. The van der Waals surface area contributed by atoms with Gasteiger partial charge in [0.2, 0.25) is 15.8 Å². The van der Waals surface area contributed by atoms with E-state index in [4.69, 9.17) is 4.74 Å². The topological polar surface area (TPSA) is 89.5 Å². The van der Waals surface area contributed by atoms with Crippen LogP contribution in [0.3, 0.4) is 0 Å². The smallest absolute Gasteiger partial charge is 0.338 e. The Morgan fingerprint density at radius 1 is 0.963 bits per heavy atom. The third-order valence-electron chi connectivity index (χ3n) is 4.10. The van der Waals surface area contributed by atoms with Crippen LogP contribution in [0.2, 0.25) is 0 Å². The van der Waals surface area contributed by atoms with E-state index >= 15 is 0 Å². The number of aryl methyl sites for hydroxylation is 3. The van der Waals surface area contributed by atoms with Gasteiger partial charge in [-0.25, -0.2) is 17.9 Å². The second kappa shape index (κ2) is 8.45. The van der Waals surface area contributed by atoms with Gasteiger partial charge in [-0.05, 0) is 50.1 Å². The summed E-state index contributed by atoms with van der Waals surface area (Å²) < 4.78 is 31.8. The van der Waals surface area contributed by atoms with Gasteiger partial charge in [0.1, 0.15) is 0 Å². The lowest BCUT2D eigenvalue weighted by Crippen LogP contribution is -2.23.